The first-order chi connectivity index (χ1) is 12.2. The Labute approximate surface area is 144 Å². The van der Waals surface area contributed by atoms with E-state index in [9.17, 15) is 4.79 Å². The fraction of sp³-hybridized carbons (Fsp3) is 0.158. The van der Waals surface area contributed by atoms with Gasteiger partial charge in [-0.25, -0.2) is 4.98 Å². The van der Waals surface area contributed by atoms with Gasteiger partial charge in [0.05, 0.1) is 24.6 Å². The first-order valence-electron chi connectivity index (χ1n) is 7.74. The predicted octanol–water partition coefficient (Wildman–Crippen LogP) is 2.86. The van der Waals surface area contributed by atoms with Gasteiger partial charge in [0.1, 0.15) is 11.4 Å². The molecule has 2 aromatic heterocycles. The highest BCUT2D eigenvalue weighted by molar-refractivity contribution is 6.09. The van der Waals surface area contributed by atoms with Gasteiger partial charge in [0.2, 0.25) is 0 Å². The molecule has 1 amide bonds. The third-order valence-corrected chi connectivity index (χ3v) is 3.91. The second-order valence-electron chi connectivity index (χ2n) is 5.43. The van der Waals surface area contributed by atoms with E-state index in [1.165, 1.54) is 0 Å². The van der Waals surface area contributed by atoms with Gasteiger partial charge < -0.3 is 10.5 Å². The van der Waals surface area contributed by atoms with E-state index in [0.717, 1.165) is 16.6 Å². The van der Waals surface area contributed by atoms with Crippen molar-refractivity contribution in [3.63, 3.8) is 0 Å². The zero-order valence-corrected chi connectivity index (χ0v) is 13.7. The number of fused-ring (bicyclic) bond motifs is 1. The number of primary amides is 1. The molecule has 0 aliphatic heterocycles. The molecule has 0 bridgehead atoms. The first-order valence-corrected chi connectivity index (χ1v) is 7.74. The Morgan fingerprint density at radius 2 is 2.12 bits per heavy atom. The highest BCUT2D eigenvalue weighted by Gasteiger charge is 2.19. The van der Waals surface area contributed by atoms with Crippen molar-refractivity contribution in [3.8, 4) is 23.1 Å². The number of hydrogen-bond acceptors (Lipinski definition) is 5. The van der Waals surface area contributed by atoms with Crippen LogP contribution in [-0.4, -0.2) is 23.0 Å². The molecular weight excluding hydrogens is 316 g/mol. The van der Waals surface area contributed by atoms with Crippen LogP contribution in [0.1, 0.15) is 22.6 Å². The Morgan fingerprint density at radius 3 is 2.76 bits per heavy atom. The van der Waals surface area contributed by atoms with E-state index in [1.54, 1.807) is 25.4 Å². The summed E-state index contributed by atoms with van der Waals surface area (Å²) >= 11 is 0. The lowest BCUT2D eigenvalue weighted by molar-refractivity contribution is 0.0997. The summed E-state index contributed by atoms with van der Waals surface area (Å²) in [6.45, 7) is 0. The minimum Gasteiger partial charge on any atom is -0.497 e. The van der Waals surface area contributed by atoms with Crippen molar-refractivity contribution in [2.24, 2.45) is 5.73 Å². The summed E-state index contributed by atoms with van der Waals surface area (Å²) in [5.41, 5.74) is 7.84. The lowest BCUT2D eigenvalue weighted by Gasteiger charge is -2.14. The number of benzene rings is 1. The monoisotopic (exact) mass is 332 g/mol. The fourth-order valence-corrected chi connectivity index (χ4v) is 2.81. The van der Waals surface area contributed by atoms with Gasteiger partial charge in [-0.05, 0) is 35.7 Å². The summed E-state index contributed by atoms with van der Waals surface area (Å²) in [4.78, 5) is 20.8. The maximum Gasteiger partial charge on any atom is 0.267 e. The van der Waals surface area contributed by atoms with E-state index < -0.39 is 5.91 Å². The zero-order valence-electron chi connectivity index (χ0n) is 13.7. The fourth-order valence-electron chi connectivity index (χ4n) is 2.81. The van der Waals surface area contributed by atoms with Crippen LogP contribution < -0.4 is 10.5 Å². The minimum absolute atomic E-state index is 0.185. The van der Waals surface area contributed by atoms with Gasteiger partial charge in [0.25, 0.3) is 5.91 Å². The molecule has 3 aromatic rings. The SMILES string of the molecule is COc1ccc2c(C(N)=O)nc(CCC#N)c(-c3ccccn3)c2c1. The van der Waals surface area contributed by atoms with Crippen LogP contribution in [0, 0.1) is 11.3 Å². The lowest BCUT2D eigenvalue weighted by atomic mass is 9.96. The number of ether oxygens (including phenoxy) is 1. The van der Waals surface area contributed by atoms with Gasteiger partial charge in [-0.1, -0.05) is 6.07 Å². The lowest BCUT2D eigenvalue weighted by Crippen LogP contribution is -2.15. The molecule has 0 atom stereocenters. The smallest absolute Gasteiger partial charge is 0.267 e. The molecule has 1 aromatic carbocycles. The molecule has 3 rings (SSSR count). The van der Waals surface area contributed by atoms with Crippen molar-refractivity contribution in [1.82, 2.24) is 9.97 Å². The van der Waals surface area contributed by atoms with Gasteiger partial charge in [-0.3, -0.25) is 9.78 Å². The van der Waals surface area contributed by atoms with Gasteiger partial charge in [0, 0.05) is 30.0 Å². The van der Waals surface area contributed by atoms with Gasteiger partial charge in [-0.2, -0.15) is 5.26 Å². The van der Waals surface area contributed by atoms with Crippen LogP contribution in [0.2, 0.25) is 0 Å². The number of carbonyl (C=O) groups is 1. The molecule has 0 saturated heterocycles. The van der Waals surface area contributed by atoms with Gasteiger partial charge in [-0.15, -0.1) is 0 Å². The number of carbonyl (C=O) groups excluding carboxylic acids is 1. The first kappa shape index (κ1) is 16.4. The highest BCUT2D eigenvalue weighted by Crippen LogP contribution is 2.34. The molecule has 6 heteroatoms. The number of aromatic nitrogens is 2. The van der Waals surface area contributed by atoms with Crippen LogP contribution in [0.5, 0.6) is 5.75 Å². The molecule has 0 aliphatic rings. The van der Waals surface area contributed by atoms with Crippen LogP contribution >= 0.6 is 0 Å². The Morgan fingerprint density at radius 1 is 1.28 bits per heavy atom. The molecular formula is C19H16N4O2. The van der Waals surface area contributed by atoms with Crippen LogP contribution in [0.3, 0.4) is 0 Å². The second-order valence-corrected chi connectivity index (χ2v) is 5.43. The molecule has 0 aliphatic carbocycles. The Bertz CT molecular complexity index is 978. The van der Waals surface area contributed by atoms with Crippen LogP contribution in [-0.2, 0) is 6.42 Å². The van der Waals surface area contributed by atoms with E-state index in [1.807, 2.05) is 24.3 Å². The number of aryl methyl sites for hydroxylation is 1. The number of nitrogens with two attached hydrogens (primary N) is 1. The average Bonchev–Trinajstić information content (AvgIpc) is 2.65. The van der Waals surface area contributed by atoms with Crippen molar-refractivity contribution in [3.05, 3.63) is 54.0 Å². The molecule has 0 fully saturated rings. The molecule has 2 N–H and O–H groups in total. The molecule has 0 unspecified atom stereocenters. The predicted molar refractivity (Wildman–Crippen MR) is 94.0 cm³/mol. The van der Waals surface area contributed by atoms with E-state index in [4.69, 9.17) is 15.7 Å². The number of rotatable bonds is 5. The Balaban J connectivity index is 2.41. The van der Waals surface area contributed by atoms with Gasteiger partial charge >= 0.3 is 0 Å². The van der Waals surface area contributed by atoms with Crippen molar-refractivity contribution in [1.29, 1.82) is 5.26 Å². The van der Waals surface area contributed by atoms with E-state index in [-0.39, 0.29) is 12.1 Å². The minimum atomic E-state index is -0.610. The maximum absolute atomic E-state index is 11.9. The van der Waals surface area contributed by atoms with Crippen molar-refractivity contribution >= 4 is 16.7 Å². The third-order valence-electron chi connectivity index (χ3n) is 3.91. The highest BCUT2D eigenvalue weighted by atomic mass is 16.5. The summed E-state index contributed by atoms with van der Waals surface area (Å²) in [6, 6.07) is 13.0. The Hall–Kier alpha value is -3.46. The van der Waals surface area contributed by atoms with Crippen molar-refractivity contribution in [2.45, 2.75) is 12.8 Å². The van der Waals surface area contributed by atoms with E-state index in [2.05, 4.69) is 16.0 Å². The summed E-state index contributed by atoms with van der Waals surface area (Å²) in [6.07, 6.45) is 2.37. The average molecular weight is 332 g/mol. The summed E-state index contributed by atoms with van der Waals surface area (Å²) in [7, 11) is 1.58. The topological polar surface area (TPSA) is 102 Å². The molecule has 0 saturated carbocycles. The number of nitriles is 1. The van der Waals surface area contributed by atoms with Crippen molar-refractivity contribution in [2.75, 3.05) is 7.11 Å². The number of nitrogens with zero attached hydrogens (tertiary/aromatic N) is 3. The standard InChI is InChI=1S/C19H16N4O2/c1-25-12-7-8-13-14(11-12)17(15-5-2-3-10-22-15)16(6-4-9-20)23-18(13)19(21)24/h2-3,5,7-8,10-11H,4,6H2,1H3,(H2,21,24). The maximum atomic E-state index is 11.9. The second kappa shape index (κ2) is 6.97. The molecule has 124 valence electrons. The normalized spacial score (nSPS) is 10.4. The molecule has 0 spiro atoms. The number of methoxy groups -OCH3 is 1. The third kappa shape index (κ3) is 3.12. The Kier molecular flexibility index (Phi) is 4.57. The van der Waals surface area contributed by atoms with E-state index in [0.29, 0.717) is 23.3 Å². The summed E-state index contributed by atoms with van der Waals surface area (Å²) in [5, 5.41) is 10.4. The van der Waals surface area contributed by atoms with Crippen LogP contribution in [0.25, 0.3) is 22.0 Å². The number of amides is 1. The molecule has 0 radical (unpaired) electrons. The molecule has 6 nitrogen and oxygen atoms in total. The van der Waals surface area contributed by atoms with Crippen LogP contribution in [0.4, 0.5) is 0 Å². The van der Waals surface area contributed by atoms with Crippen LogP contribution in [0.15, 0.2) is 42.6 Å². The quantitative estimate of drug-likeness (QED) is 0.774. The molecule has 25 heavy (non-hydrogen) atoms. The van der Waals surface area contributed by atoms with Crippen molar-refractivity contribution < 1.29 is 9.53 Å². The summed E-state index contributed by atoms with van der Waals surface area (Å²) in [5.74, 6) is 0.0403. The largest absolute Gasteiger partial charge is 0.497 e. The zero-order chi connectivity index (χ0) is 17.8. The summed E-state index contributed by atoms with van der Waals surface area (Å²) < 4.78 is 5.33. The number of pyridine rings is 2. The molecule has 2 heterocycles. The number of hydrogen-bond donors (Lipinski definition) is 1. The van der Waals surface area contributed by atoms with E-state index >= 15 is 0 Å². The van der Waals surface area contributed by atoms with Gasteiger partial charge in [0.15, 0.2) is 0 Å².